The van der Waals surface area contributed by atoms with Crippen molar-refractivity contribution in [2.45, 2.75) is 73.1 Å². The Bertz CT molecular complexity index is 1870. The lowest BCUT2D eigenvalue weighted by Crippen LogP contribution is -2.45. The maximum atomic E-state index is 14.0. The third-order valence-electron chi connectivity index (χ3n) is 6.70. The summed E-state index contributed by atoms with van der Waals surface area (Å²) in [7, 11) is 0. The molecule has 0 bridgehead atoms. The summed E-state index contributed by atoms with van der Waals surface area (Å²) >= 11 is 6.33. The number of anilines is 6. The zero-order chi connectivity index (χ0) is 38.5. The largest absolute Gasteiger partial charge is 0.479 e. The van der Waals surface area contributed by atoms with Gasteiger partial charge in [0, 0.05) is 23.1 Å². The van der Waals surface area contributed by atoms with Crippen LogP contribution in [0.3, 0.4) is 0 Å². The average molecular weight is 720 g/mol. The molecule has 3 heterocycles. The van der Waals surface area contributed by atoms with Crippen molar-refractivity contribution in [3.05, 3.63) is 90.4 Å². The number of nitrogens with zero attached hydrogens (tertiary/aromatic N) is 7. The fourth-order valence-corrected chi connectivity index (χ4v) is 4.24. The van der Waals surface area contributed by atoms with Gasteiger partial charge in [-0.25, -0.2) is 28.5 Å². The van der Waals surface area contributed by atoms with Gasteiger partial charge < -0.3 is 15.7 Å². The molecule has 0 saturated carbocycles. The number of hydrogen-bond donors (Lipinski definition) is 3. The molecule has 3 N–H and O–H groups in total. The Balaban J connectivity index is 0.000000724. The fraction of sp³-hybridized carbons (Fsp3) is 0.306. The molecule has 270 valence electrons. The molecule has 4 aromatic rings. The van der Waals surface area contributed by atoms with E-state index in [4.69, 9.17) is 16.7 Å². The maximum absolute atomic E-state index is 14.0. The third kappa shape index (κ3) is 10.6. The number of para-hydroxylation sites is 1. The molecule has 0 unspecified atom stereocenters. The molecule has 2 aromatic carbocycles. The fourth-order valence-electron chi connectivity index (χ4n) is 4.07. The molecule has 0 spiro atoms. The van der Waals surface area contributed by atoms with E-state index in [0.717, 1.165) is 13.8 Å². The average Bonchev–Trinajstić information content (AvgIpc) is 3.50. The van der Waals surface area contributed by atoms with E-state index >= 15 is 0 Å². The number of fused-ring (bicyclic) bond motifs is 1. The van der Waals surface area contributed by atoms with E-state index in [2.05, 4.69) is 38.3 Å². The van der Waals surface area contributed by atoms with Gasteiger partial charge in [-0.1, -0.05) is 70.1 Å². The molecule has 51 heavy (non-hydrogen) atoms. The number of benzene rings is 2. The minimum Gasteiger partial charge on any atom is -0.479 e. The topological polar surface area (TPSA) is 169 Å². The zero-order valence-electron chi connectivity index (χ0n) is 29.9. The summed E-state index contributed by atoms with van der Waals surface area (Å²) in [6.45, 7) is 17.1. The van der Waals surface area contributed by atoms with E-state index in [1.165, 1.54) is 15.7 Å². The predicted octanol–water partition coefficient (Wildman–Crippen LogP) is 8.60. The van der Waals surface area contributed by atoms with Crippen molar-refractivity contribution >= 4 is 64.0 Å². The van der Waals surface area contributed by atoms with Crippen LogP contribution in [0.2, 0.25) is 5.15 Å². The number of carbonyl (C=O) groups excluding carboxylic acids is 2. The van der Waals surface area contributed by atoms with Crippen LogP contribution in [0.5, 0.6) is 0 Å². The molecule has 0 radical (unpaired) electrons. The number of carboxylic acid groups (broad SMARTS) is 1. The van der Waals surface area contributed by atoms with Gasteiger partial charge in [-0.05, 0) is 64.1 Å². The van der Waals surface area contributed by atoms with Crippen LogP contribution >= 0.6 is 11.6 Å². The highest BCUT2D eigenvalue weighted by Gasteiger charge is 2.35. The first-order chi connectivity index (χ1) is 24.1. The van der Waals surface area contributed by atoms with Crippen molar-refractivity contribution in [1.29, 1.82) is 5.26 Å². The van der Waals surface area contributed by atoms with E-state index in [-0.39, 0.29) is 29.6 Å². The molecule has 0 aliphatic carbocycles. The van der Waals surface area contributed by atoms with Gasteiger partial charge in [0.25, 0.3) is 0 Å². The summed E-state index contributed by atoms with van der Waals surface area (Å²) in [5.41, 5.74) is -0.224. The number of nitriles is 1. The normalized spacial score (nSPS) is 11.9. The Kier molecular flexibility index (Phi) is 14.8. The first-order valence-corrected chi connectivity index (χ1v) is 16.4. The highest BCUT2D eigenvalue weighted by Crippen LogP contribution is 2.37. The molecule has 0 fully saturated rings. The molecule has 1 aliphatic heterocycles. The summed E-state index contributed by atoms with van der Waals surface area (Å²) in [4.78, 5) is 47.7. The van der Waals surface area contributed by atoms with Crippen LogP contribution in [0.1, 0.15) is 61.0 Å². The summed E-state index contributed by atoms with van der Waals surface area (Å²) in [5, 5.41) is 27.5. The highest BCUT2D eigenvalue weighted by molar-refractivity contribution is 6.32. The summed E-state index contributed by atoms with van der Waals surface area (Å²) < 4.78 is 13.4. The van der Waals surface area contributed by atoms with Gasteiger partial charge >= 0.3 is 12.0 Å². The van der Waals surface area contributed by atoms with E-state index in [1.54, 1.807) is 55.4 Å². The number of nitrogens with one attached hydrogen (secondary N) is 2. The number of hydrogen-bond acceptors (Lipinski definition) is 8. The van der Waals surface area contributed by atoms with E-state index in [0.29, 0.717) is 34.1 Å². The number of aromatic nitrogens is 4. The third-order valence-corrected chi connectivity index (χ3v) is 6.98. The molecule has 3 amide bonds. The number of urea groups is 1. The van der Waals surface area contributed by atoms with Crippen LogP contribution < -0.4 is 20.4 Å². The van der Waals surface area contributed by atoms with Crippen molar-refractivity contribution in [2.75, 3.05) is 20.4 Å². The number of halogens is 2. The number of amides is 3. The van der Waals surface area contributed by atoms with Crippen molar-refractivity contribution in [3.63, 3.8) is 0 Å². The molecule has 2 aromatic heterocycles. The second kappa shape index (κ2) is 18.3. The number of carbonyl (C=O) groups is 3. The van der Waals surface area contributed by atoms with Crippen LogP contribution in [-0.4, -0.2) is 48.4 Å². The van der Waals surface area contributed by atoms with Gasteiger partial charge in [0.2, 0.25) is 17.5 Å². The summed E-state index contributed by atoms with van der Waals surface area (Å²) in [6.07, 6.45) is 4.41. The number of aliphatic carboxylic acids is 1. The Labute approximate surface area is 302 Å². The molecule has 15 heteroatoms. The van der Waals surface area contributed by atoms with Crippen molar-refractivity contribution in [2.24, 2.45) is 0 Å². The molecular formula is C36H43ClFN9O4. The first kappa shape index (κ1) is 41.4. The lowest BCUT2D eigenvalue weighted by molar-refractivity contribution is -0.148. The molecule has 1 aliphatic rings. The Morgan fingerprint density at radius 2 is 1.67 bits per heavy atom. The minimum absolute atomic E-state index is 0.137. The van der Waals surface area contributed by atoms with Crippen molar-refractivity contribution < 1.29 is 23.9 Å². The van der Waals surface area contributed by atoms with Crippen LogP contribution in [0.25, 0.3) is 0 Å². The predicted molar refractivity (Wildman–Crippen MR) is 198 cm³/mol. The maximum Gasteiger partial charge on any atom is 0.340 e. The Hall–Kier alpha value is -5.81. The van der Waals surface area contributed by atoms with Gasteiger partial charge in [0.1, 0.15) is 5.54 Å². The summed E-state index contributed by atoms with van der Waals surface area (Å²) in [6, 6.07) is 18.0. The SMILES string of the molecule is C=CC(=O)Nc1cccc(N2C(=O)N(c3ccccc3)Cc3cnc(Nc4cn(C(C)(C)C#N)nc4Cl)nc32)c1.CC.CC.CC(C)(F)C(=O)O. The van der Waals surface area contributed by atoms with Gasteiger partial charge in [-0.2, -0.15) is 15.3 Å². The number of rotatable bonds is 8. The first-order valence-electron chi connectivity index (χ1n) is 16.1. The van der Waals surface area contributed by atoms with E-state index in [1.807, 2.05) is 58.0 Å². The lowest BCUT2D eigenvalue weighted by Gasteiger charge is -2.36. The van der Waals surface area contributed by atoms with Gasteiger partial charge in [0.15, 0.2) is 11.0 Å². The van der Waals surface area contributed by atoms with Crippen LogP contribution in [0.15, 0.2) is 79.6 Å². The molecule has 0 saturated heterocycles. The second-order valence-electron chi connectivity index (χ2n) is 11.2. The number of alkyl halides is 1. The minimum atomic E-state index is -2.08. The standard InChI is InChI=1S/C28H24ClN9O2.C4H7FO2.2C2H6/c1-4-23(39)32-19-9-8-12-21(13-19)38-25-18(15-36(27(38)40)20-10-6-5-7-11-20)14-31-26(34-25)33-22-16-37(35-24(22)29)28(2,3)17-30;1-4(2,5)3(6)7;2*1-2/h4-14,16H,1,15H2,2-3H3,(H,32,39)(H,31,33,34);1-2H3,(H,6,7);2*1-2H3. The van der Waals surface area contributed by atoms with Gasteiger partial charge in [-0.15, -0.1) is 0 Å². The Morgan fingerprint density at radius 3 is 2.24 bits per heavy atom. The zero-order valence-corrected chi connectivity index (χ0v) is 30.7. The van der Waals surface area contributed by atoms with Crippen LogP contribution in [0, 0.1) is 11.3 Å². The molecule has 13 nitrogen and oxygen atoms in total. The van der Waals surface area contributed by atoms with Crippen molar-refractivity contribution in [3.8, 4) is 6.07 Å². The highest BCUT2D eigenvalue weighted by atomic mass is 35.5. The van der Waals surface area contributed by atoms with E-state index < -0.39 is 17.2 Å². The van der Waals surface area contributed by atoms with Crippen LogP contribution in [0.4, 0.5) is 43.7 Å². The second-order valence-corrected chi connectivity index (χ2v) is 11.5. The quantitative estimate of drug-likeness (QED) is 0.151. The monoisotopic (exact) mass is 719 g/mol. The van der Waals surface area contributed by atoms with Gasteiger partial charge in [-0.3, -0.25) is 9.69 Å². The molecule has 0 atom stereocenters. The van der Waals surface area contributed by atoms with E-state index in [9.17, 15) is 24.0 Å². The lowest BCUT2D eigenvalue weighted by atomic mass is 10.1. The van der Waals surface area contributed by atoms with Gasteiger partial charge in [0.05, 0.1) is 30.2 Å². The molecule has 5 rings (SSSR count). The van der Waals surface area contributed by atoms with Crippen molar-refractivity contribution in [1.82, 2.24) is 19.7 Å². The van der Waals surface area contributed by atoms with Crippen LogP contribution in [-0.2, 0) is 21.7 Å². The summed E-state index contributed by atoms with van der Waals surface area (Å²) in [5.74, 6) is -1.26. The molecular weight excluding hydrogens is 677 g/mol. The number of carboxylic acids is 1. The smallest absolute Gasteiger partial charge is 0.340 e. The Morgan fingerprint density at radius 1 is 1.06 bits per heavy atom.